The van der Waals surface area contributed by atoms with Crippen molar-refractivity contribution < 1.29 is 13.9 Å². The number of urea groups is 1. The summed E-state index contributed by atoms with van der Waals surface area (Å²) in [6.45, 7) is 12.8. The first-order chi connectivity index (χ1) is 16.5. The summed E-state index contributed by atoms with van der Waals surface area (Å²) < 4.78 is 19.6. The van der Waals surface area contributed by atoms with Gasteiger partial charge < -0.3 is 25.2 Å². The van der Waals surface area contributed by atoms with E-state index in [0.29, 0.717) is 0 Å². The molecule has 1 atom stereocenters. The zero-order chi connectivity index (χ0) is 23.9. The maximum atomic E-state index is 14.2. The molecule has 2 N–H and O–H groups in total. The molecule has 1 unspecified atom stereocenters. The molecule has 0 saturated carbocycles. The van der Waals surface area contributed by atoms with E-state index in [2.05, 4.69) is 32.3 Å². The third kappa shape index (κ3) is 6.25. The first kappa shape index (κ1) is 24.4. The van der Waals surface area contributed by atoms with Crippen LogP contribution in [0.3, 0.4) is 0 Å². The van der Waals surface area contributed by atoms with Gasteiger partial charge in [-0.3, -0.25) is 4.90 Å². The van der Waals surface area contributed by atoms with Crippen LogP contribution < -0.4 is 15.5 Å². The second kappa shape index (κ2) is 11.6. The van der Waals surface area contributed by atoms with Gasteiger partial charge >= 0.3 is 6.03 Å². The monoisotopic (exact) mass is 469 g/mol. The number of carbonyl (C=O) groups is 1. The molecule has 2 aliphatic heterocycles. The molecular weight excluding hydrogens is 433 g/mol. The minimum absolute atomic E-state index is 0.296. The Morgan fingerprint density at radius 2 is 1.76 bits per heavy atom. The lowest BCUT2D eigenvalue weighted by Crippen LogP contribution is -2.46. The highest BCUT2D eigenvalue weighted by Gasteiger charge is 2.22. The van der Waals surface area contributed by atoms with E-state index in [-0.39, 0.29) is 17.9 Å². The highest BCUT2D eigenvalue weighted by atomic mass is 19.1. The van der Waals surface area contributed by atoms with Gasteiger partial charge in [0.05, 0.1) is 19.3 Å². The molecule has 7 nitrogen and oxygen atoms in total. The Kier molecular flexibility index (Phi) is 8.37. The number of nitrogens with one attached hydrogen (secondary N) is 2. The molecule has 0 bridgehead atoms. The van der Waals surface area contributed by atoms with Gasteiger partial charge in [0.25, 0.3) is 0 Å². The minimum Gasteiger partial charge on any atom is -0.379 e. The van der Waals surface area contributed by atoms with Crippen LogP contribution in [0.15, 0.2) is 42.5 Å². The predicted octanol–water partition coefficient (Wildman–Crippen LogP) is 3.68. The van der Waals surface area contributed by atoms with E-state index in [1.165, 1.54) is 6.07 Å². The number of hydrogen-bond donors (Lipinski definition) is 2. The molecule has 2 amide bonds. The molecular formula is C26H36FN5O2. The number of amides is 2. The van der Waals surface area contributed by atoms with Crippen molar-refractivity contribution in [3.8, 4) is 0 Å². The fraction of sp³-hybridized carbons (Fsp3) is 0.500. The van der Waals surface area contributed by atoms with Gasteiger partial charge in [-0.15, -0.1) is 0 Å². The number of morpholine rings is 1. The van der Waals surface area contributed by atoms with Crippen LogP contribution in [0.1, 0.15) is 31.0 Å². The largest absolute Gasteiger partial charge is 0.379 e. The Balaban J connectivity index is 1.42. The van der Waals surface area contributed by atoms with Gasteiger partial charge in [-0.1, -0.05) is 25.1 Å². The number of anilines is 2. The van der Waals surface area contributed by atoms with E-state index in [9.17, 15) is 9.18 Å². The molecule has 2 saturated heterocycles. The smallest absolute Gasteiger partial charge is 0.319 e. The number of likely N-dealkylation sites (N-methyl/N-ethyl adjacent to an activating group) is 1. The van der Waals surface area contributed by atoms with Crippen molar-refractivity contribution in [1.29, 1.82) is 0 Å². The Morgan fingerprint density at radius 3 is 2.50 bits per heavy atom. The van der Waals surface area contributed by atoms with Crippen LogP contribution in [0.5, 0.6) is 0 Å². The Hall–Kier alpha value is -2.68. The lowest BCUT2D eigenvalue weighted by molar-refractivity contribution is 0.0343. The second-order valence-corrected chi connectivity index (χ2v) is 8.99. The summed E-state index contributed by atoms with van der Waals surface area (Å²) in [5.74, 6) is -0.296. The van der Waals surface area contributed by atoms with E-state index in [1.807, 2.05) is 37.3 Å². The van der Waals surface area contributed by atoms with Gasteiger partial charge in [0.2, 0.25) is 0 Å². The van der Waals surface area contributed by atoms with Gasteiger partial charge in [-0.05, 0) is 43.3 Å². The van der Waals surface area contributed by atoms with Crippen molar-refractivity contribution in [3.63, 3.8) is 0 Å². The standard InChI is InChI=1S/C26H36FN5O2/c1-3-30-10-12-32(13-11-30)25-9-8-22(27)18-23(25)20(2)28-26(33)29-24-7-5-4-6-21(24)19-31-14-16-34-17-15-31/h4-9,18,20H,3,10-17,19H2,1-2H3,(H2,28,29,33). The number of benzene rings is 2. The fourth-order valence-electron chi connectivity index (χ4n) is 4.68. The minimum atomic E-state index is -0.346. The van der Waals surface area contributed by atoms with Gasteiger partial charge in [0.15, 0.2) is 0 Å². The first-order valence-electron chi connectivity index (χ1n) is 12.3. The summed E-state index contributed by atoms with van der Waals surface area (Å²) in [4.78, 5) is 19.9. The average molecular weight is 470 g/mol. The molecule has 0 aliphatic carbocycles. The van der Waals surface area contributed by atoms with Crippen molar-refractivity contribution in [2.24, 2.45) is 0 Å². The zero-order valence-corrected chi connectivity index (χ0v) is 20.2. The normalized spacial score (nSPS) is 18.5. The summed E-state index contributed by atoms with van der Waals surface area (Å²) in [5, 5.41) is 6.02. The van der Waals surface area contributed by atoms with Gasteiger partial charge in [0.1, 0.15) is 5.82 Å². The summed E-state index contributed by atoms with van der Waals surface area (Å²) >= 11 is 0. The van der Waals surface area contributed by atoms with Crippen molar-refractivity contribution in [1.82, 2.24) is 15.1 Å². The van der Waals surface area contributed by atoms with Crippen molar-refractivity contribution in [3.05, 3.63) is 59.4 Å². The van der Waals surface area contributed by atoms with Crippen LogP contribution in [-0.2, 0) is 11.3 Å². The Morgan fingerprint density at radius 1 is 1.03 bits per heavy atom. The lowest BCUT2D eigenvalue weighted by Gasteiger charge is -2.37. The van der Waals surface area contributed by atoms with Gasteiger partial charge in [0, 0.05) is 62.8 Å². The number of piperazine rings is 1. The highest BCUT2D eigenvalue weighted by Crippen LogP contribution is 2.28. The topological polar surface area (TPSA) is 60.1 Å². The number of ether oxygens (including phenoxy) is 1. The van der Waals surface area contributed by atoms with E-state index in [1.54, 1.807) is 6.07 Å². The number of nitrogens with zero attached hydrogens (tertiary/aromatic N) is 3. The maximum absolute atomic E-state index is 14.2. The fourth-order valence-corrected chi connectivity index (χ4v) is 4.68. The number of hydrogen-bond acceptors (Lipinski definition) is 5. The summed E-state index contributed by atoms with van der Waals surface area (Å²) in [5.41, 5.74) is 3.63. The Bertz CT molecular complexity index is 958. The average Bonchev–Trinajstić information content (AvgIpc) is 2.86. The van der Waals surface area contributed by atoms with Crippen molar-refractivity contribution in [2.45, 2.75) is 26.4 Å². The number of halogens is 1. The maximum Gasteiger partial charge on any atom is 0.319 e. The summed E-state index contributed by atoms with van der Waals surface area (Å²) in [7, 11) is 0. The molecule has 0 radical (unpaired) electrons. The molecule has 0 spiro atoms. The van der Waals surface area contributed by atoms with Crippen LogP contribution >= 0.6 is 0 Å². The second-order valence-electron chi connectivity index (χ2n) is 8.99. The molecule has 2 aromatic rings. The molecule has 184 valence electrons. The number of rotatable bonds is 7. The molecule has 2 fully saturated rings. The van der Waals surface area contributed by atoms with Crippen LogP contribution in [-0.4, -0.2) is 74.9 Å². The van der Waals surface area contributed by atoms with Crippen LogP contribution in [0.4, 0.5) is 20.6 Å². The summed E-state index contributed by atoms with van der Waals surface area (Å²) in [6, 6.07) is 12.1. The third-order valence-electron chi connectivity index (χ3n) is 6.73. The quantitative estimate of drug-likeness (QED) is 0.648. The van der Waals surface area contributed by atoms with Crippen molar-refractivity contribution in [2.75, 3.05) is 69.2 Å². The predicted molar refractivity (Wildman–Crippen MR) is 134 cm³/mol. The zero-order valence-electron chi connectivity index (χ0n) is 20.2. The SMILES string of the molecule is CCN1CCN(c2ccc(F)cc2C(C)NC(=O)Nc2ccccc2CN2CCOCC2)CC1. The molecule has 8 heteroatoms. The van der Waals surface area contributed by atoms with E-state index in [0.717, 1.165) is 88.1 Å². The summed E-state index contributed by atoms with van der Waals surface area (Å²) in [6.07, 6.45) is 0. The van der Waals surface area contributed by atoms with E-state index >= 15 is 0 Å². The lowest BCUT2D eigenvalue weighted by atomic mass is 10.0. The molecule has 34 heavy (non-hydrogen) atoms. The molecule has 0 aromatic heterocycles. The van der Waals surface area contributed by atoms with Crippen LogP contribution in [0, 0.1) is 5.82 Å². The highest BCUT2D eigenvalue weighted by molar-refractivity contribution is 5.90. The van der Waals surface area contributed by atoms with Crippen LogP contribution in [0.25, 0.3) is 0 Å². The first-order valence-corrected chi connectivity index (χ1v) is 12.3. The third-order valence-corrected chi connectivity index (χ3v) is 6.73. The molecule has 2 aromatic carbocycles. The van der Waals surface area contributed by atoms with Gasteiger partial charge in [-0.2, -0.15) is 0 Å². The van der Waals surface area contributed by atoms with E-state index < -0.39 is 0 Å². The Labute approximate surface area is 201 Å². The molecule has 2 heterocycles. The van der Waals surface area contributed by atoms with Gasteiger partial charge in [-0.25, -0.2) is 9.18 Å². The van der Waals surface area contributed by atoms with E-state index in [4.69, 9.17) is 4.74 Å². The molecule has 2 aliphatic rings. The molecule has 4 rings (SSSR count). The van der Waals surface area contributed by atoms with Crippen LogP contribution in [0.2, 0.25) is 0 Å². The van der Waals surface area contributed by atoms with Crippen molar-refractivity contribution >= 4 is 17.4 Å². The number of para-hydroxylation sites is 1. The number of carbonyl (C=O) groups excluding carboxylic acids is 1.